The average molecular weight is 793 g/mol. The number of nitrogens with one attached hydrogen (secondary N) is 2. The van der Waals surface area contributed by atoms with E-state index in [1.54, 1.807) is 24.3 Å². The average Bonchev–Trinajstić information content (AvgIpc) is 3.90. The third-order valence-electron chi connectivity index (χ3n) is 7.61. The summed E-state index contributed by atoms with van der Waals surface area (Å²) in [5.74, 6) is -1.85. The van der Waals surface area contributed by atoms with Gasteiger partial charge in [0.25, 0.3) is 0 Å². The molecule has 0 aromatic heterocycles. The van der Waals surface area contributed by atoms with Gasteiger partial charge in [0.15, 0.2) is 11.5 Å². The fraction of sp³-hybridized carbons (Fsp3) is 0.289. The summed E-state index contributed by atoms with van der Waals surface area (Å²) in [5.41, 5.74) is 5.26. The molecule has 0 unspecified atom stereocenters. The van der Waals surface area contributed by atoms with Crippen molar-refractivity contribution in [1.29, 1.82) is 0 Å². The number of anilines is 2. The van der Waals surface area contributed by atoms with Gasteiger partial charge in [0.1, 0.15) is 13.2 Å². The van der Waals surface area contributed by atoms with Gasteiger partial charge in [-0.2, -0.15) is 0 Å². The van der Waals surface area contributed by atoms with Crippen LogP contribution in [0.3, 0.4) is 0 Å². The number of aliphatic carboxylic acids is 3. The van der Waals surface area contributed by atoms with Crippen LogP contribution in [-0.4, -0.2) is 45.8 Å². The number of carbonyl (C=O) groups is 3. The summed E-state index contributed by atoms with van der Waals surface area (Å²) < 4.78 is 11.5. The summed E-state index contributed by atoms with van der Waals surface area (Å²) in [6.45, 7) is 0.908. The number of benzene rings is 4. The number of carboxylic acids is 3. The Morgan fingerprint density at radius 3 is 1.44 bits per heavy atom. The van der Waals surface area contributed by atoms with Crippen LogP contribution in [0.2, 0.25) is 20.1 Å². The minimum atomic E-state index is -0.889. The predicted octanol–water partition coefficient (Wildman–Crippen LogP) is 9.64. The number of aryl methyl sites for hydroxylation is 2. The molecular formula is C38H38Cl4N2O8. The van der Waals surface area contributed by atoms with Crippen LogP contribution in [0.5, 0.6) is 11.5 Å². The zero-order valence-corrected chi connectivity index (χ0v) is 31.0. The van der Waals surface area contributed by atoms with E-state index in [1.807, 2.05) is 42.5 Å². The molecule has 0 aliphatic heterocycles. The summed E-state index contributed by atoms with van der Waals surface area (Å²) in [4.78, 5) is 31.9. The van der Waals surface area contributed by atoms with E-state index in [0.29, 0.717) is 63.6 Å². The molecule has 276 valence electrons. The van der Waals surface area contributed by atoms with E-state index < -0.39 is 17.9 Å². The van der Waals surface area contributed by atoms with Crippen LogP contribution in [0, 0.1) is 0 Å². The molecule has 0 bridgehead atoms. The molecule has 1 fully saturated rings. The number of hydrogen-bond acceptors (Lipinski definition) is 7. The zero-order valence-electron chi connectivity index (χ0n) is 28.0. The second-order valence-electron chi connectivity index (χ2n) is 12.0. The highest BCUT2D eigenvalue weighted by Crippen LogP contribution is 2.36. The molecule has 0 atom stereocenters. The molecule has 1 aliphatic rings. The van der Waals surface area contributed by atoms with Crippen LogP contribution in [0.1, 0.15) is 54.4 Å². The molecule has 4 aromatic carbocycles. The molecule has 5 rings (SSSR count). The van der Waals surface area contributed by atoms with Crippen LogP contribution < -0.4 is 20.1 Å². The van der Waals surface area contributed by atoms with E-state index in [0.717, 1.165) is 33.6 Å². The Bertz CT molecular complexity index is 1820. The highest BCUT2D eigenvalue weighted by atomic mass is 35.5. The van der Waals surface area contributed by atoms with Gasteiger partial charge in [0, 0.05) is 36.8 Å². The maximum absolute atomic E-state index is 10.7. The largest absolute Gasteiger partial charge is 0.486 e. The molecule has 0 spiro atoms. The second kappa shape index (κ2) is 20.0. The van der Waals surface area contributed by atoms with Gasteiger partial charge in [-0.05, 0) is 96.5 Å². The van der Waals surface area contributed by atoms with Crippen LogP contribution in [0.15, 0.2) is 72.8 Å². The van der Waals surface area contributed by atoms with Crippen LogP contribution >= 0.6 is 46.4 Å². The van der Waals surface area contributed by atoms with Gasteiger partial charge in [-0.25, -0.2) is 0 Å². The zero-order chi connectivity index (χ0) is 37.6. The summed E-state index contributed by atoms with van der Waals surface area (Å²) >= 11 is 25.0. The second-order valence-corrected chi connectivity index (χ2v) is 13.7. The maximum Gasteiger partial charge on any atom is 0.305 e. The third kappa shape index (κ3) is 14.0. The van der Waals surface area contributed by atoms with Gasteiger partial charge in [-0.3, -0.25) is 14.4 Å². The normalized spacial score (nSPS) is 11.9. The molecular weight excluding hydrogens is 754 g/mol. The predicted molar refractivity (Wildman–Crippen MR) is 204 cm³/mol. The summed E-state index contributed by atoms with van der Waals surface area (Å²) in [6.07, 6.45) is 3.21. The lowest BCUT2D eigenvalue weighted by Gasteiger charge is -2.13. The summed E-state index contributed by atoms with van der Waals surface area (Å²) in [7, 11) is 0. The number of rotatable bonds is 18. The minimum Gasteiger partial charge on any atom is -0.486 e. The molecule has 0 amide bonds. The lowest BCUT2D eigenvalue weighted by atomic mass is 10.1. The lowest BCUT2D eigenvalue weighted by Crippen LogP contribution is -2.07. The first kappa shape index (κ1) is 40.4. The van der Waals surface area contributed by atoms with Crippen molar-refractivity contribution in [3.05, 3.63) is 115 Å². The van der Waals surface area contributed by atoms with Gasteiger partial charge < -0.3 is 35.4 Å². The van der Waals surface area contributed by atoms with Gasteiger partial charge in [-0.1, -0.05) is 70.7 Å². The lowest BCUT2D eigenvalue weighted by molar-refractivity contribution is -0.138. The standard InChI is InChI=1S/C19H19Cl2NO5.C19H19Cl2NO3/c20-15-9-12(4-5-17(23)24)10-16(21)19(15)27-11-13-2-1-3-14(8-13)22-7-6-18(25)26;20-16-9-12(4-7-18(23)24)10-17(21)19(16)25-11-13-2-1-3-15(8-13)22-14-5-6-14/h1-3,8-10,22H,4-7,11H2,(H,23,24)(H,25,26);1-3,8-10,14,22H,4-7,11H2,(H,23,24). The first-order valence-electron chi connectivity index (χ1n) is 16.4. The third-order valence-corrected chi connectivity index (χ3v) is 8.73. The maximum atomic E-state index is 10.7. The van der Waals surface area contributed by atoms with E-state index in [1.165, 1.54) is 12.8 Å². The molecule has 0 heterocycles. The highest BCUT2D eigenvalue weighted by molar-refractivity contribution is 6.37. The molecule has 4 aromatic rings. The molecule has 1 aliphatic carbocycles. The molecule has 0 radical (unpaired) electrons. The fourth-order valence-electron chi connectivity index (χ4n) is 4.90. The Morgan fingerprint density at radius 2 is 1.02 bits per heavy atom. The van der Waals surface area contributed by atoms with Crippen molar-refractivity contribution >= 4 is 75.7 Å². The van der Waals surface area contributed by atoms with Crippen molar-refractivity contribution in [1.82, 2.24) is 0 Å². The van der Waals surface area contributed by atoms with Crippen molar-refractivity contribution in [2.75, 3.05) is 17.2 Å². The Labute approximate surface area is 321 Å². The monoisotopic (exact) mass is 790 g/mol. The van der Waals surface area contributed by atoms with Crippen molar-refractivity contribution in [3.63, 3.8) is 0 Å². The summed E-state index contributed by atoms with van der Waals surface area (Å²) in [5, 5.41) is 34.1. The van der Waals surface area contributed by atoms with Gasteiger partial charge >= 0.3 is 17.9 Å². The van der Waals surface area contributed by atoms with E-state index >= 15 is 0 Å². The molecule has 1 saturated carbocycles. The van der Waals surface area contributed by atoms with E-state index in [9.17, 15) is 14.4 Å². The highest BCUT2D eigenvalue weighted by Gasteiger charge is 2.20. The van der Waals surface area contributed by atoms with Crippen molar-refractivity contribution in [3.8, 4) is 11.5 Å². The van der Waals surface area contributed by atoms with Crippen molar-refractivity contribution in [2.24, 2.45) is 0 Å². The summed E-state index contributed by atoms with van der Waals surface area (Å²) in [6, 6.07) is 22.8. The van der Waals surface area contributed by atoms with Crippen LogP contribution in [0.25, 0.3) is 0 Å². The number of ether oxygens (including phenoxy) is 2. The number of carboxylic acid groups (broad SMARTS) is 3. The van der Waals surface area contributed by atoms with Gasteiger partial charge in [0.05, 0.1) is 26.5 Å². The minimum absolute atomic E-state index is 0.00542. The van der Waals surface area contributed by atoms with E-state index in [-0.39, 0.29) is 25.9 Å². The number of hydrogen-bond donors (Lipinski definition) is 5. The first-order chi connectivity index (χ1) is 24.9. The first-order valence-corrected chi connectivity index (χ1v) is 17.9. The Kier molecular flexibility index (Phi) is 15.6. The smallest absolute Gasteiger partial charge is 0.305 e. The SMILES string of the molecule is O=C(O)CCNc1cccc(COc2c(Cl)cc(CCC(=O)O)cc2Cl)c1.O=C(O)CCc1cc(Cl)c(OCc2cccc(NC3CC3)c2)c(Cl)c1. The van der Waals surface area contributed by atoms with Crippen molar-refractivity contribution < 1.29 is 39.2 Å². The molecule has 52 heavy (non-hydrogen) atoms. The Morgan fingerprint density at radius 1 is 0.596 bits per heavy atom. The molecule has 0 saturated heterocycles. The Hall–Kier alpha value is -4.35. The van der Waals surface area contributed by atoms with Crippen LogP contribution in [0.4, 0.5) is 11.4 Å². The van der Waals surface area contributed by atoms with Crippen LogP contribution in [-0.2, 0) is 40.4 Å². The molecule has 5 N–H and O–H groups in total. The number of halogens is 4. The van der Waals surface area contributed by atoms with Crippen molar-refractivity contribution in [2.45, 2.75) is 64.2 Å². The quantitative estimate of drug-likeness (QED) is 0.0658. The van der Waals surface area contributed by atoms with E-state index in [2.05, 4.69) is 16.7 Å². The Balaban J connectivity index is 0.000000233. The fourth-order valence-corrected chi connectivity index (χ4v) is 6.18. The topological polar surface area (TPSA) is 154 Å². The van der Waals surface area contributed by atoms with Gasteiger partial charge in [-0.15, -0.1) is 0 Å². The van der Waals surface area contributed by atoms with Gasteiger partial charge in [0.2, 0.25) is 0 Å². The van der Waals surface area contributed by atoms with E-state index in [4.69, 9.17) is 71.2 Å². The molecule has 10 nitrogen and oxygen atoms in total. The molecule has 14 heteroatoms.